The Balaban J connectivity index is 1.63. The summed E-state index contributed by atoms with van der Waals surface area (Å²) in [6.07, 6.45) is 6.42. The highest BCUT2D eigenvalue weighted by Crippen LogP contribution is 2.44. The van der Waals surface area contributed by atoms with E-state index in [1.807, 2.05) is 10.6 Å². The average Bonchev–Trinajstić information content (AvgIpc) is 3.11. The molecule has 2 heterocycles. The third-order valence-corrected chi connectivity index (χ3v) is 4.74. The van der Waals surface area contributed by atoms with Crippen molar-refractivity contribution in [2.75, 3.05) is 6.61 Å². The molecule has 5 heteroatoms. The van der Waals surface area contributed by atoms with Crippen LogP contribution in [-0.4, -0.2) is 21.8 Å². The van der Waals surface area contributed by atoms with Gasteiger partial charge in [-0.15, -0.1) is 0 Å². The zero-order valence-electron chi connectivity index (χ0n) is 11.7. The number of rotatable bonds is 2. The van der Waals surface area contributed by atoms with E-state index in [1.165, 1.54) is 25.3 Å². The largest absolute Gasteiger partial charge is 0.370 e. The van der Waals surface area contributed by atoms with Gasteiger partial charge in [-0.05, 0) is 31.2 Å². The summed E-state index contributed by atoms with van der Waals surface area (Å²) >= 11 is 0. The molecule has 108 valence electrons. The maximum absolute atomic E-state index is 13.6. The molecule has 2 aromatic rings. The van der Waals surface area contributed by atoms with Gasteiger partial charge >= 0.3 is 0 Å². The van der Waals surface area contributed by atoms with Gasteiger partial charge in [-0.1, -0.05) is 6.42 Å². The molecule has 0 N–H and O–H groups in total. The van der Waals surface area contributed by atoms with Crippen LogP contribution in [0, 0.1) is 23.1 Å². The molecule has 1 aliphatic heterocycles. The quantitative estimate of drug-likeness (QED) is 0.797. The molecule has 0 bridgehead atoms. The molecule has 2 atom stereocenters. The molecule has 2 aliphatic rings. The molecule has 0 amide bonds. The van der Waals surface area contributed by atoms with E-state index >= 15 is 0 Å². The number of nitrogens with zero attached hydrogens (tertiary/aromatic N) is 3. The van der Waals surface area contributed by atoms with E-state index in [4.69, 9.17) is 10.00 Å². The van der Waals surface area contributed by atoms with E-state index < -0.39 is 5.82 Å². The van der Waals surface area contributed by atoms with Crippen LogP contribution in [0.25, 0.3) is 11.0 Å². The van der Waals surface area contributed by atoms with E-state index in [0.717, 1.165) is 25.1 Å². The fraction of sp³-hybridized carbons (Fsp3) is 0.500. The number of epoxide rings is 1. The van der Waals surface area contributed by atoms with Crippen molar-refractivity contribution in [3.8, 4) is 6.07 Å². The first-order chi connectivity index (χ1) is 10.2. The highest BCUT2D eigenvalue weighted by atomic mass is 19.1. The highest BCUT2D eigenvalue weighted by Gasteiger charge is 2.47. The number of halogens is 1. The summed E-state index contributed by atoms with van der Waals surface area (Å²) in [6, 6.07) is 4.84. The molecule has 1 aliphatic carbocycles. The van der Waals surface area contributed by atoms with Crippen molar-refractivity contribution in [3.05, 3.63) is 29.8 Å². The van der Waals surface area contributed by atoms with Crippen LogP contribution in [0.2, 0.25) is 0 Å². The predicted octanol–water partition coefficient (Wildman–Crippen LogP) is 3.01. The zero-order chi connectivity index (χ0) is 14.4. The van der Waals surface area contributed by atoms with Gasteiger partial charge in [0.1, 0.15) is 11.9 Å². The van der Waals surface area contributed by atoms with E-state index in [-0.39, 0.29) is 11.2 Å². The second-order valence-corrected chi connectivity index (χ2v) is 6.26. The van der Waals surface area contributed by atoms with Crippen molar-refractivity contribution in [1.82, 2.24) is 9.55 Å². The van der Waals surface area contributed by atoms with Gasteiger partial charge < -0.3 is 9.30 Å². The maximum atomic E-state index is 13.6. The number of aromatic nitrogens is 2. The van der Waals surface area contributed by atoms with Gasteiger partial charge in [-0.25, -0.2) is 9.37 Å². The fourth-order valence-corrected chi connectivity index (χ4v) is 3.55. The number of ether oxygens (including phenoxy) is 1. The van der Waals surface area contributed by atoms with E-state index in [9.17, 15) is 4.39 Å². The Morgan fingerprint density at radius 3 is 3.14 bits per heavy atom. The lowest BCUT2D eigenvalue weighted by atomic mass is 9.81. The molecule has 4 rings (SSSR count). The minimum atomic E-state index is -0.502. The van der Waals surface area contributed by atoms with Crippen LogP contribution in [0.3, 0.4) is 0 Å². The van der Waals surface area contributed by atoms with Crippen LogP contribution in [-0.2, 0) is 11.3 Å². The number of hydrogen-bond donors (Lipinski definition) is 0. The first-order valence-corrected chi connectivity index (χ1v) is 7.38. The molecule has 0 radical (unpaired) electrons. The van der Waals surface area contributed by atoms with Gasteiger partial charge in [0.15, 0.2) is 0 Å². The number of nitriles is 1. The molecule has 4 nitrogen and oxygen atoms in total. The van der Waals surface area contributed by atoms with Gasteiger partial charge in [0.2, 0.25) is 0 Å². The number of benzene rings is 1. The van der Waals surface area contributed by atoms with Crippen molar-refractivity contribution in [1.29, 1.82) is 5.26 Å². The average molecular weight is 285 g/mol. The van der Waals surface area contributed by atoms with Crippen LogP contribution < -0.4 is 0 Å². The van der Waals surface area contributed by atoms with E-state index in [2.05, 4.69) is 4.98 Å². The Hall–Kier alpha value is -1.93. The van der Waals surface area contributed by atoms with Gasteiger partial charge in [-0.3, -0.25) is 0 Å². The Morgan fingerprint density at radius 1 is 1.52 bits per heavy atom. The molecular formula is C16H16FN3O. The van der Waals surface area contributed by atoms with Crippen molar-refractivity contribution < 1.29 is 9.13 Å². The SMILES string of the molecule is N#Cc1cc2c(cc1F)ncn2CC1CCCC2(CO2)C1. The van der Waals surface area contributed by atoms with Crippen LogP contribution in [0.4, 0.5) is 4.39 Å². The maximum Gasteiger partial charge on any atom is 0.143 e. The second kappa shape index (κ2) is 4.54. The Kier molecular flexibility index (Phi) is 2.76. The monoisotopic (exact) mass is 285 g/mol. The van der Waals surface area contributed by atoms with E-state index in [1.54, 1.807) is 12.4 Å². The summed E-state index contributed by atoms with van der Waals surface area (Å²) in [6.45, 7) is 1.76. The molecule has 2 unspecified atom stereocenters. The molecule has 1 saturated heterocycles. The molecule has 1 spiro atoms. The predicted molar refractivity (Wildman–Crippen MR) is 75.0 cm³/mol. The Bertz CT molecular complexity index is 742. The fourth-order valence-electron chi connectivity index (χ4n) is 3.55. The summed E-state index contributed by atoms with van der Waals surface area (Å²) in [5, 5.41) is 8.97. The Morgan fingerprint density at radius 2 is 2.38 bits per heavy atom. The minimum Gasteiger partial charge on any atom is -0.370 e. The molecule has 1 aromatic carbocycles. The van der Waals surface area contributed by atoms with Gasteiger partial charge in [0.05, 0.1) is 35.1 Å². The van der Waals surface area contributed by atoms with Crippen molar-refractivity contribution in [3.63, 3.8) is 0 Å². The van der Waals surface area contributed by atoms with Crippen LogP contribution in [0.1, 0.15) is 31.2 Å². The molecular weight excluding hydrogens is 269 g/mol. The molecule has 2 fully saturated rings. The summed E-state index contributed by atoms with van der Waals surface area (Å²) < 4.78 is 21.3. The summed E-state index contributed by atoms with van der Waals surface area (Å²) in [5.41, 5.74) is 1.68. The van der Waals surface area contributed by atoms with Crippen LogP contribution >= 0.6 is 0 Å². The van der Waals surface area contributed by atoms with Crippen LogP contribution in [0.15, 0.2) is 18.5 Å². The highest BCUT2D eigenvalue weighted by molar-refractivity contribution is 5.77. The van der Waals surface area contributed by atoms with Crippen molar-refractivity contribution in [2.45, 2.75) is 37.8 Å². The third kappa shape index (κ3) is 2.20. The topological polar surface area (TPSA) is 54.1 Å². The number of hydrogen-bond acceptors (Lipinski definition) is 3. The van der Waals surface area contributed by atoms with Gasteiger partial charge in [0, 0.05) is 12.6 Å². The van der Waals surface area contributed by atoms with Gasteiger partial charge in [-0.2, -0.15) is 5.26 Å². The number of fused-ring (bicyclic) bond motifs is 1. The van der Waals surface area contributed by atoms with Crippen LogP contribution in [0.5, 0.6) is 0 Å². The summed E-state index contributed by atoms with van der Waals surface area (Å²) in [7, 11) is 0. The first kappa shape index (κ1) is 12.8. The van der Waals surface area contributed by atoms with Crippen molar-refractivity contribution >= 4 is 11.0 Å². The molecule has 1 saturated carbocycles. The summed E-state index contributed by atoms with van der Waals surface area (Å²) in [5.74, 6) is 0.0625. The second-order valence-electron chi connectivity index (χ2n) is 6.26. The van der Waals surface area contributed by atoms with Gasteiger partial charge in [0.25, 0.3) is 0 Å². The lowest BCUT2D eigenvalue weighted by Crippen LogP contribution is -2.25. The van der Waals surface area contributed by atoms with Crippen molar-refractivity contribution in [2.24, 2.45) is 5.92 Å². The zero-order valence-corrected chi connectivity index (χ0v) is 11.7. The standard InChI is InChI=1S/C16H16FN3O/c17-13-5-14-15(4-12(13)7-18)20(10-19-14)8-11-2-1-3-16(6-11)9-21-16/h4-5,10-11H,1-3,6,8-9H2. The molecule has 21 heavy (non-hydrogen) atoms. The van der Waals surface area contributed by atoms with E-state index in [0.29, 0.717) is 11.4 Å². The normalized spacial score (nSPS) is 27.9. The first-order valence-electron chi connectivity index (χ1n) is 7.38. The third-order valence-electron chi connectivity index (χ3n) is 4.74. The summed E-state index contributed by atoms with van der Waals surface area (Å²) in [4.78, 5) is 4.25. The Labute approximate surface area is 122 Å². The minimum absolute atomic E-state index is 0.0786. The molecule has 1 aromatic heterocycles. The lowest BCUT2D eigenvalue weighted by Gasteiger charge is -2.27. The lowest BCUT2D eigenvalue weighted by molar-refractivity contribution is 0.179. The smallest absolute Gasteiger partial charge is 0.143 e. The number of imidazole rings is 1.